The molecular formula is C13H10F3N3S. The lowest BCUT2D eigenvalue weighted by molar-refractivity contribution is -0.137. The molecule has 7 heteroatoms. The van der Waals surface area contributed by atoms with Crippen LogP contribution in [0, 0.1) is 18.3 Å². The van der Waals surface area contributed by atoms with Crippen molar-refractivity contribution in [1.29, 1.82) is 5.26 Å². The highest BCUT2D eigenvalue weighted by molar-refractivity contribution is 7.99. The minimum atomic E-state index is -4.45. The maximum atomic E-state index is 12.6. The van der Waals surface area contributed by atoms with Crippen molar-refractivity contribution in [3.63, 3.8) is 0 Å². The maximum absolute atomic E-state index is 12.6. The van der Waals surface area contributed by atoms with Gasteiger partial charge in [0.2, 0.25) is 0 Å². The van der Waals surface area contributed by atoms with Crippen LogP contribution >= 0.6 is 11.8 Å². The summed E-state index contributed by atoms with van der Waals surface area (Å²) in [5, 5.41) is 13.9. The van der Waals surface area contributed by atoms with Crippen LogP contribution in [0.3, 0.4) is 0 Å². The first-order valence-corrected chi connectivity index (χ1v) is 6.43. The second-order valence-corrected chi connectivity index (χ2v) is 5.23. The Labute approximate surface area is 118 Å². The predicted octanol–water partition coefficient (Wildman–Crippen LogP) is 3.77. The lowest BCUT2D eigenvalue weighted by atomic mass is 10.1. The lowest BCUT2D eigenvalue weighted by Gasteiger charge is -2.09. The van der Waals surface area contributed by atoms with E-state index in [0.717, 1.165) is 22.9 Å². The third kappa shape index (κ3) is 2.96. The van der Waals surface area contributed by atoms with Gasteiger partial charge in [-0.2, -0.15) is 23.5 Å². The molecule has 0 fully saturated rings. The number of nitrogens with zero attached hydrogens (tertiary/aromatic N) is 3. The van der Waals surface area contributed by atoms with Gasteiger partial charge in [0.25, 0.3) is 0 Å². The molecule has 104 valence electrons. The van der Waals surface area contributed by atoms with Gasteiger partial charge in [-0.3, -0.25) is 4.68 Å². The molecule has 20 heavy (non-hydrogen) atoms. The summed E-state index contributed by atoms with van der Waals surface area (Å²) in [4.78, 5) is 0.475. The number of hydrogen-bond acceptors (Lipinski definition) is 3. The molecule has 0 atom stereocenters. The van der Waals surface area contributed by atoms with Gasteiger partial charge in [0.05, 0.1) is 21.8 Å². The molecular weight excluding hydrogens is 287 g/mol. The van der Waals surface area contributed by atoms with E-state index in [4.69, 9.17) is 5.26 Å². The first kappa shape index (κ1) is 14.5. The molecule has 0 saturated heterocycles. The first-order valence-electron chi connectivity index (χ1n) is 5.61. The van der Waals surface area contributed by atoms with E-state index in [1.165, 1.54) is 17.8 Å². The maximum Gasteiger partial charge on any atom is 0.416 e. The van der Waals surface area contributed by atoms with Crippen LogP contribution in [-0.4, -0.2) is 9.78 Å². The molecule has 1 aromatic heterocycles. The topological polar surface area (TPSA) is 41.6 Å². The molecule has 0 saturated carbocycles. The molecule has 1 heterocycles. The van der Waals surface area contributed by atoms with Crippen molar-refractivity contribution in [3.05, 3.63) is 41.1 Å². The molecule has 0 unspecified atom stereocenters. The van der Waals surface area contributed by atoms with Crippen molar-refractivity contribution in [1.82, 2.24) is 9.78 Å². The fourth-order valence-corrected chi connectivity index (χ4v) is 2.66. The summed E-state index contributed by atoms with van der Waals surface area (Å²) in [7, 11) is 1.74. The van der Waals surface area contributed by atoms with Crippen LogP contribution in [0.15, 0.2) is 34.2 Å². The van der Waals surface area contributed by atoms with Crippen LogP contribution in [-0.2, 0) is 13.2 Å². The largest absolute Gasteiger partial charge is 0.416 e. The monoisotopic (exact) mass is 297 g/mol. The van der Waals surface area contributed by atoms with Gasteiger partial charge < -0.3 is 0 Å². The summed E-state index contributed by atoms with van der Waals surface area (Å²) >= 11 is 1.22. The molecule has 0 spiro atoms. The normalized spacial score (nSPS) is 11.4. The highest BCUT2D eigenvalue weighted by Crippen LogP contribution is 2.35. The SMILES string of the molecule is Cc1cc(Sc2ccc(C(F)(F)F)cc2C#N)n(C)n1. The van der Waals surface area contributed by atoms with Gasteiger partial charge in [0.15, 0.2) is 0 Å². The summed E-state index contributed by atoms with van der Waals surface area (Å²) in [5.74, 6) is 0. The molecule has 0 aliphatic rings. The Kier molecular flexibility index (Phi) is 3.77. The molecule has 2 rings (SSSR count). The van der Waals surface area contributed by atoms with Crippen LogP contribution in [0.5, 0.6) is 0 Å². The van der Waals surface area contributed by atoms with Crippen LogP contribution in [0.2, 0.25) is 0 Å². The van der Waals surface area contributed by atoms with Gasteiger partial charge in [-0.1, -0.05) is 11.8 Å². The summed E-state index contributed by atoms with van der Waals surface area (Å²) in [5.41, 5.74) is -0.0105. The van der Waals surface area contributed by atoms with Crippen LogP contribution < -0.4 is 0 Å². The van der Waals surface area contributed by atoms with E-state index in [-0.39, 0.29) is 5.56 Å². The van der Waals surface area contributed by atoms with Crippen molar-refractivity contribution in [2.75, 3.05) is 0 Å². The molecule has 0 aliphatic carbocycles. The molecule has 0 amide bonds. The van der Waals surface area contributed by atoms with E-state index in [2.05, 4.69) is 5.10 Å². The summed E-state index contributed by atoms with van der Waals surface area (Å²) in [6, 6.07) is 6.77. The Hall–Kier alpha value is -1.94. The molecule has 0 aliphatic heterocycles. The van der Waals surface area contributed by atoms with Gasteiger partial charge in [-0.25, -0.2) is 0 Å². The number of aryl methyl sites for hydroxylation is 2. The Morgan fingerprint density at radius 2 is 2.00 bits per heavy atom. The Bertz CT molecular complexity index is 683. The van der Waals surface area contributed by atoms with Crippen molar-refractivity contribution >= 4 is 11.8 Å². The second kappa shape index (κ2) is 5.21. The Balaban J connectivity index is 2.38. The van der Waals surface area contributed by atoms with Gasteiger partial charge in [-0.15, -0.1) is 0 Å². The number of rotatable bonds is 2. The minimum Gasteiger partial charge on any atom is -0.262 e. The summed E-state index contributed by atoms with van der Waals surface area (Å²) in [6.45, 7) is 1.82. The Morgan fingerprint density at radius 1 is 1.30 bits per heavy atom. The third-order valence-electron chi connectivity index (χ3n) is 2.60. The van der Waals surface area contributed by atoms with Gasteiger partial charge in [0, 0.05) is 11.9 Å². The summed E-state index contributed by atoms with van der Waals surface area (Å²) in [6.07, 6.45) is -4.45. The Morgan fingerprint density at radius 3 is 2.50 bits per heavy atom. The van der Waals surface area contributed by atoms with Crippen molar-refractivity contribution in [2.45, 2.75) is 23.0 Å². The van der Waals surface area contributed by atoms with E-state index in [0.29, 0.717) is 4.90 Å². The third-order valence-corrected chi connectivity index (χ3v) is 3.77. The fraction of sp³-hybridized carbons (Fsp3) is 0.231. The standard InChI is InChI=1S/C13H10F3N3S/c1-8-5-12(19(2)18-8)20-11-4-3-10(13(14,15)16)6-9(11)7-17/h3-6H,1-2H3. The quantitative estimate of drug-likeness (QED) is 0.847. The number of nitriles is 1. The average molecular weight is 297 g/mol. The van der Waals surface area contributed by atoms with Crippen molar-refractivity contribution in [2.24, 2.45) is 7.05 Å². The number of halogens is 3. The predicted molar refractivity (Wildman–Crippen MR) is 68.2 cm³/mol. The van der Waals surface area contributed by atoms with Crippen LogP contribution in [0.4, 0.5) is 13.2 Å². The molecule has 1 aromatic carbocycles. The zero-order valence-corrected chi connectivity index (χ0v) is 11.5. The number of aromatic nitrogens is 2. The molecule has 0 radical (unpaired) electrons. The second-order valence-electron chi connectivity index (χ2n) is 4.17. The van der Waals surface area contributed by atoms with Gasteiger partial charge in [0.1, 0.15) is 6.07 Å². The molecule has 0 N–H and O–H groups in total. The van der Waals surface area contributed by atoms with Crippen LogP contribution in [0.25, 0.3) is 0 Å². The van der Waals surface area contributed by atoms with E-state index in [9.17, 15) is 13.2 Å². The highest BCUT2D eigenvalue weighted by atomic mass is 32.2. The van der Waals surface area contributed by atoms with E-state index in [1.807, 2.05) is 13.0 Å². The highest BCUT2D eigenvalue weighted by Gasteiger charge is 2.31. The van der Waals surface area contributed by atoms with E-state index >= 15 is 0 Å². The lowest BCUT2D eigenvalue weighted by Crippen LogP contribution is -2.05. The molecule has 0 bridgehead atoms. The number of hydrogen-bond donors (Lipinski definition) is 0. The van der Waals surface area contributed by atoms with E-state index < -0.39 is 11.7 Å². The minimum absolute atomic E-state index is 0.00341. The van der Waals surface area contributed by atoms with E-state index in [1.54, 1.807) is 17.8 Å². The number of benzene rings is 1. The van der Waals surface area contributed by atoms with Crippen LogP contribution in [0.1, 0.15) is 16.8 Å². The first-order chi connectivity index (χ1) is 9.31. The summed E-state index contributed by atoms with van der Waals surface area (Å²) < 4.78 is 39.4. The zero-order chi connectivity index (χ0) is 14.9. The number of alkyl halides is 3. The fourth-order valence-electron chi connectivity index (χ4n) is 1.68. The molecule has 2 aromatic rings. The zero-order valence-electron chi connectivity index (χ0n) is 10.7. The van der Waals surface area contributed by atoms with Gasteiger partial charge in [-0.05, 0) is 31.2 Å². The van der Waals surface area contributed by atoms with Crippen molar-refractivity contribution in [3.8, 4) is 6.07 Å². The smallest absolute Gasteiger partial charge is 0.262 e. The molecule has 3 nitrogen and oxygen atoms in total. The average Bonchev–Trinajstić information content (AvgIpc) is 2.67. The van der Waals surface area contributed by atoms with Crippen molar-refractivity contribution < 1.29 is 13.2 Å². The van der Waals surface area contributed by atoms with Gasteiger partial charge >= 0.3 is 6.18 Å².